The summed E-state index contributed by atoms with van der Waals surface area (Å²) >= 11 is 0. The number of aliphatic hydroxyl groups is 1. The predicted molar refractivity (Wildman–Crippen MR) is 69.3 cm³/mol. The van der Waals surface area contributed by atoms with Crippen LogP contribution in [0.15, 0.2) is 24.3 Å². The first kappa shape index (κ1) is 17.9. The second-order valence-corrected chi connectivity index (χ2v) is 3.92. The van der Waals surface area contributed by atoms with Gasteiger partial charge in [0.05, 0.1) is 6.10 Å². The van der Waals surface area contributed by atoms with Gasteiger partial charge in [-0.2, -0.15) is 8.78 Å². The van der Waals surface area contributed by atoms with Gasteiger partial charge in [0.25, 0.3) is 0 Å². The number of carboxylic acid groups (broad SMARTS) is 1. The molecule has 0 saturated carbocycles. The smallest absolute Gasteiger partial charge is 0.308 e. The van der Waals surface area contributed by atoms with Gasteiger partial charge >= 0.3 is 5.92 Å². The molecule has 0 fully saturated rings. The second-order valence-electron chi connectivity index (χ2n) is 3.92. The number of aliphatic carboxylic acids is 1. The highest BCUT2D eigenvalue weighted by Gasteiger charge is 2.24. The van der Waals surface area contributed by atoms with Crippen LogP contribution in [-0.2, 0) is 4.79 Å². The number of halogens is 2. The molecule has 0 unspecified atom stereocenters. The highest BCUT2D eigenvalue weighted by molar-refractivity contribution is 5.64. The van der Waals surface area contributed by atoms with Crippen molar-refractivity contribution < 1.29 is 23.8 Å². The van der Waals surface area contributed by atoms with Crippen molar-refractivity contribution in [3.63, 3.8) is 0 Å². The van der Waals surface area contributed by atoms with Crippen LogP contribution in [0.3, 0.4) is 0 Å². The number of hydrogen-bond donors (Lipinski definition) is 1. The van der Waals surface area contributed by atoms with E-state index in [9.17, 15) is 23.8 Å². The maximum absolute atomic E-state index is 13.1. The number of carbonyl (C=O) groups is 1. The van der Waals surface area contributed by atoms with Crippen LogP contribution in [0.5, 0.6) is 0 Å². The van der Waals surface area contributed by atoms with Crippen LogP contribution in [0.4, 0.5) is 8.78 Å². The lowest BCUT2D eigenvalue weighted by Gasteiger charge is -2.08. The Morgan fingerprint density at radius 3 is 2.75 bits per heavy atom. The van der Waals surface area contributed by atoms with Crippen LogP contribution in [0.1, 0.15) is 25.7 Å². The fourth-order valence-corrected chi connectivity index (χ4v) is 1.15. The molecule has 0 aliphatic rings. The number of alkyl halides is 2. The second kappa shape index (κ2) is 9.77. The molecule has 20 heavy (non-hydrogen) atoms. The molecule has 0 aliphatic carbocycles. The molecular formula is C15H15F2O3-. The fourth-order valence-electron chi connectivity index (χ4n) is 1.15. The van der Waals surface area contributed by atoms with Crippen molar-refractivity contribution in [2.75, 3.05) is 0 Å². The number of hydrogen-bond acceptors (Lipinski definition) is 3. The van der Waals surface area contributed by atoms with Crippen LogP contribution < -0.4 is 5.11 Å². The van der Waals surface area contributed by atoms with E-state index in [-0.39, 0.29) is 12.8 Å². The molecule has 108 valence electrons. The summed E-state index contributed by atoms with van der Waals surface area (Å²) in [6.07, 6.45) is 8.60. The third kappa shape index (κ3) is 11.0. The molecule has 0 aliphatic heterocycles. The zero-order valence-corrected chi connectivity index (χ0v) is 10.8. The fraction of sp³-hybridized carbons (Fsp3) is 0.400. The van der Waals surface area contributed by atoms with Gasteiger partial charge in [-0.15, -0.1) is 12.3 Å². The lowest BCUT2D eigenvalue weighted by molar-refractivity contribution is -0.305. The Bertz CT molecular complexity index is 462. The summed E-state index contributed by atoms with van der Waals surface area (Å²) in [7, 11) is 0. The average molecular weight is 281 g/mol. The minimum atomic E-state index is -3.23. The van der Waals surface area contributed by atoms with Gasteiger partial charge in [0.15, 0.2) is 0 Å². The molecule has 1 N–H and O–H groups in total. The Morgan fingerprint density at radius 2 is 2.15 bits per heavy atom. The summed E-state index contributed by atoms with van der Waals surface area (Å²) in [6.45, 7) is 0. The molecule has 0 saturated heterocycles. The summed E-state index contributed by atoms with van der Waals surface area (Å²) in [6, 6.07) is 0. The van der Waals surface area contributed by atoms with Gasteiger partial charge in [0.1, 0.15) is 0 Å². The van der Waals surface area contributed by atoms with E-state index in [0.717, 1.165) is 0 Å². The summed E-state index contributed by atoms with van der Waals surface area (Å²) < 4.78 is 26.2. The first-order valence-corrected chi connectivity index (χ1v) is 5.92. The quantitative estimate of drug-likeness (QED) is 0.560. The normalized spacial score (nSPS) is 12.9. The van der Waals surface area contributed by atoms with E-state index < -0.39 is 30.8 Å². The van der Waals surface area contributed by atoms with Crippen LogP contribution in [-0.4, -0.2) is 23.1 Å². The Kier molecular flexibility index (Phi) is 8.74. The van der Waals surface area contributed by atoms with Crippen molar-refractivity contribution in [2.24, 2.45) is 0 Å². The SMILES string of the molecule is C#CC[C@@H](O)/C=C/C=C/C#CC(F)(F)CCCC(=O)[O-]. The Labute approximate surface area is 117 Å². The molecule has 0 rings (SSSR count). The highest BCUT2D eigenvalue weighted by Crippen LogP contribution is 2.19. The zero-order chi connectivity index (χ0) is 15.4. The highest BCUT2D eigenvalue weighted by atomic mass is 19.3. The van der Waals surface area contributed by atoms with Gasteiger partial charge in [-0.1, -0.05) is 24.1 Å². The summed E-state index contributed by atoms with van der Waals surface area (Å²) in [5, 5.41) is 19.3. The van der Waals surface area contributed by atoms with Crippen molar-refractivity contribution in [2.45, 2.75) is 37.7 Å². The molecule has 3 nitrogen and oxygen atoms in total. The standard InChI is InChI=1S/C15H16F2O3/c1-2-8-13(18)9-5-3-4-6-11-15(16,17)12-7-10-14(19)20/h1,3-5,9,13,18H,7-8,10,12H2,(H,19,20)/p-1/b4-3+,9-5+/t13-/m1/s1. The number of terminal acetylenes is 1. The molecule has 0 radical (unpaired) electrons. The van der Waals surface area contributed by atoms with Gasteiger partial charge in [-0.25, -0.2) is 0 Å². The first-order valence-electron chi connectivity index (χ1n) is 5.92. The molecule has 0 heterocycles. The maximum atomic E-state index is 13.1. The van der Waals surface area contributed by atoms with Gasteiger partial charge in [-0.05, 0) is 24.8 Å². The number of aliphatic hydroxyl groups excluding tert-OH is 1. The molecule has 0 aromatic rings. The van der Waals surface area contributed by atoms with Gasteiger partial charge in [-0.3, -0.25) is 0 Å². The number of carboxylic acids is 1. The lowest BCUT2D eigenvalue weighted by atomic mass is 10.1. The monoisotopic (exact) mass is 281 g/mol. The predicted octanol–water partition coefficient (Wildman–Crippen LogP) is 1.04. The number of carbonyl (C=O) groups excluding carboxylic acids is 1. The number of rotatable bonds is 7. The average Bonchev–Trinajstić information content (AvgIpc) is 2.33. The van der Waals surface area contributed by atoms with E-state index in [2.05, 4.69) is 11.8 Å². The van der Waals surface area contributed by atoms with E-state index in [0.29, 0.717) is 0 Å². The van der Waals surface area contributed by atoms with E-state index in [1.807, 2.05) is 0 Å². The van der Waals surface area contributed by atoms with Gasteiger partial charge in [0.2, 0.25) is 0 Å². The third-order valence-electron chi connectivity index (χ3n) is 2.08. The van der Waals surface area contributed by atoms with Gasteiger partial charge < -0.3 is 15.0 Å². The molecule has 1 atom stereocenters. The summed E-state index contributed by atoms with van der Waals surface area (Å²) in [4.78, 5) is 10.1. The topological polar surface area (TPSA) is 60.4 Å². The first-order chi connectivity index (χ1) is 9.37. The molecule has 0 bridgehead atoms. The van der Waals surface area contributed by atoms with Crippen molar-refractivity contribution in [1.29, 1.82) is 0 Å². The van der Waals surface area contributed by atoms with Crippen molar-refractivity contribution >= 4 is 5.97 Å². The zero-order valence-electron chi connectivity index (χ0n) is 10.8. The minimum absolute atomic E-state index is 0.173. The van der Waals surface area contributed by atoms with E-state index >= 15 is 0 Å². The molecule has 5 heteroatoms. The molecule has 0 amide bonds. The molecule has 0 aromatic carbocycles. The summed E-state index contributed by atoms with van der Waals surface area (Å²) in [5.41, 5.74) is 0. The molecule has 0 spiro atoms. The Hall–Kier alpha value is -2.11. The van der Waals surface area contributed by atoms with E-state index in [1.165, 1.54) is 24.3 Å². The lowest BCUT2D eigenvalue weighted by Crippen LogP contribution is -2.23. The molecule has 0 aromatic heterocycles. The molecular weight excluding hydrogens is 266 g/mol. The van der Waals surface area contributed by atoms with Crippen LogP contribution in [0.2, 0.25) is 0 Å². The van der Waals surface area contributed by atoms with Gasteiger partial charge in [0, 0.05) is 18.8 Å². The van der Waals surface area contributed by atoms with Crippen molar-refractivity contribution in [3.8, 4) is 24.2 Å². The van der Waals surface area contributed by atoms with Crippen LogP contribution in [0, 0.1) is 24.2 Å². The van der Waals surface area contributed by atoms with Crippen molar-refractivity contribution in [3.05, 3.63) is 24.3 Å². The summed E-state index contributed by atoms with van der Waals surface area (Å²) in [5.74, 6) is 1.57. The van der Waals surface area contributed by atoms with E-state index in [1.54, 1.807) is 5.92 Å². The van der Waals surface area contributed by atoms with Crippen LogP contribution in [0.25, 0.3) is 0 Å². The largest absolute Gasteiger partial charge is 0.550 e. The number of allylic oxidation sites excluding steroid dienone is 3. The minimum Gasteiger partial charge on any atom is -0.550 e. The Morgan fingerprint density at radius 1 is 1.45 bits per heavy atom. The Balaban J connectivity index is 4.17. The third-order valence-corrected chi connectivity index (χ3v) is 2.08. The van der Waals surface area contributed by atoms with E-state index in [4.69, 9.17) is 6.42 Å². The maximum Gasteiger partial charge on any atom is 0.308 e. The van der Waals surface area contributed by atoms with Crippen molar-refractivity contribution in [1.82, 2.24) is 0 Å². The van der Waals surface area contributed by atoms with Crippen LogP contribution >= 0.6 is 0 Å².